The minimum atomic E-state index is 0. The van der Waals surface area contributed by atoms with Crippen molar-refractivity contribution in [3.63, 3.8) is 0 Å². The van der Waals surface area contributed by atoms with E-state index in [0.717, 1.165) is 11.0 Å². The molecule has 0 aromatic heterocycles. The Balaban J connectivity index is 0. The summed E-state index contributed by atoms with van der Waals surface area (Å²) in [5.74, 6) is 0. The highest BCUT2D eigenvalue weighted by Crippen LogP contribution is 2.06. The van der Waals surface area contributed by atoms with Crippen LogP contribution in [0.15, 0.2) is 12.3 Å². The van der Waals surface area contributed by atoms with Gasteiger partial charge in [-0.15, -0.1) is 0 Å². The molecule has 1 atom stereocenters. The van der Waals surface area contributed by atoms with Gasteiger partial charge in [0.25, 0.3) is 0 Å². The van der Waals surface area contributed by atoms with Gasteiger partial charge in [0, 0.05) is 6.92 Å². The number of hydrogen-bond acceptors (Lipinski definition) is 1. The van der Waals surface area contributed by atoms with Crippen LogP contribution in [0.1, 0.15) is 20.8 Å². The van der Waals surface area contributed by atoms with E-state index in [1.54, 1.807) is 6.26 Å². The van der Waals surface area contributed by atoms with Gasteiger partial charge in [0.1, 0.15) is 0 Å². The van der Waals surface area contributed by atoms with Crippen molar-refractivity contribution in [1.29, 1.82) is 0 Å². The van der Waals surface area contributed by atoms with Gasteiger partial charge in [-0.1, -0.05) is 6.08 Å². The molecular weight excluding hydrogens is 174 g/mol. The Hall–Kier alpha value is -0.210. The predicted molar refractivity (Wildman–Crippen MR) is 48.0 cm³/mol. The maximum absolute atomic E-state index is 5.44. The van der Waals surface area contributed by atoms with E-state index < -0.39 is 0 Å². The number of nitrogens with zero attached hydrogens (tertiary/aromatic N) is 1. The smallest absolute Gasteiger partial charge is 0.229 e. The lowest BCUT2D eigenvalue weighted by Crippen LogP contribution is -3.00. The summed E-state index contributed by atoms with van der Waals surface area (Å²) in [5.41, 5.74) is 0. The first-order chi connectivity index (χ1) is 5.04. The van der Waals surface area contributed by atoms with E-state index in [9.17, 15) is 0 Å². The zero-order valence-corrected chi connectivity index (χ0v) is 9.43. The number of hydrogen-bond donors (Lipinski definition) is 0. The molecule has 0 aliphatic heterocycles. The van der Waals surface area contributed by atoms with Crippen molar-refractivity contribution in [2.24, 2.45) is 0 Å². The quantitative estimate of drug-likeness (QED) is 0.316. The molecule has 0 amide bonds. The van der Waals surface area contributed by atoms with Gasteiger partial charge in [-0.3, -0.25) is 4.48 Å². The number of rotatable bonds is 4. The van der Waals surface area contributed by atoms with Crippen LogP contribution in [-0.4, -0.2) is 31.4 Å². The van der Waals surface area contributed by atoms with Crippen LogP contribution in [0.2, 0.25) is 0 Å². The Morgan fingerprint density at radius 1 is 1.42 bits per heavy atom. The SMILES string of the molecule is CC=COC(C)[N+](C)(C)CC.[Cl-]. The molecule has 74 valence electrons. The predicted octanol–water partition coefficient (Wildman–Crippen LogP) is -1.02. The molecule has 0 aromatic rings. The van der Waals surface area contributed by atoms with Gasteiger partial charge in [0.2, 0.25) is 6.23 Å². The van der Waals surface area contributed by atoms with Gasteiger partial charge >= 0.3 is 0 Å². The summed E-state index contributed by atoms with van der Waals surface area (Å²) in [6, 6.07) is 0. The molecule has 0 saturated carbocycles. The zero-order valence-electron chi connectivity index (χ0n) is 8.67. The van der Waals surface area contributed by atoms with Gasteiger partial charge in [-0.05, 0) is 13.8 Å². The minimum Gasteiger partial charge on any atom is -1.00 e. The van der Waals surface area contributed by atoms with Crippen LogP contribution in [0.5, 0.6) is 0 Å². The van der Waals surface area contributed by atoms with Crippen LogP contribution in [0, 0.1) is 0 Å². The van der Waals surface area contributed by atoms with Crippen LogP contribution < -0.4 is 12.4 Å². The first-order valence-electron chi connectivity index (χ1n) is 4.14. The molecular formula is C9H20ClNO. The highest BCUT2D eigenvalue weighted by atomic mass is 35.5. The normalized spacial score (nSPS) is 14.1. The van der Waals surface area contributed by atoms with Gasteiger partial charge in [-0.2, -0.15) is 0 Å². The van der Waals surface area contributed by atoms with Gasteiger partial charge in [0.05, 0.1) is 26.9 Å². The Labute approximate surface area is 82.2 Å². The van der Waals surface area contributed by atoms with Crippen molar-refractivity contribution in [2.75, 3.05) is 20.6 Å². The maximum atomic E-state index is 5.44. The van der Waals surface area contributed by atoms with E-state index in [-0.39, 0.29) is 18.6 Å². The van der Waals surface area contributed by atoms with Crippen molar-refractivity contribution in [1.82, 2.24) is 0 Å². The van der Waals surface area contributed by atoms with Crippen molar-refractivity contribution >= 4 is 0 Å². The highest BCUT2D eigenvalue weighted by Gasteiger charge is 2.21. The fourth-order valence-electron chi connectivity index (χ4n) is 0.614. The van der Waals surface area contributed by atoms with Crippen LogP contribution in [0.25, 0.3) is 0 Å². The molecule has 0 aliphatic rings. The molecule has 0 N–H and O–H groups in total. The van der Waals surface area contributed by atoms with E-state index >= 15 is 0 Å². The largest absolute Gasteiger partial charge is 1.00 e. The average molecular weight is 194 g/mol. The van der Waals surface area contributed by atoms with Gasteiger partial charge in [-0.25, -0.2) is 0 Å². The molecule has 0 aliphatic carbocycles. The van der Waals surface area contributed by atoms with Crippen molar-refractivity contribution in [2.45, 2.75) is 27.0 Å². The topological polar surface area (TPSA) is 9.23 Å². The molecule has 2 nitrogen and oxygen atoms in total. The van der Waals surface area contributed by atoms with Gasteiger partial charge < -0.3 is 17.1 Å². The second-order valence-corrected chi connectivity index (χ2v) is 3.30. The van der Waals surface area contributed by atoms with Crippen molar-refractivity contribution < 1.29 is 21.6 Å². The van der Waals surface area contributed by atoms with Crippen LogP contribution in [-0.2, 0) is 4.74 Å². The summed E-state index contributed by atoms with van der Waals surface area (Å²) >= 11 is 0. The zero-order chi connectivity index (χ0) is 8.91. The number of halogens is 1. The van der Waals surface area contributed by atoms with Gasteiger partial charge in [0.15, 0.2) is 0 Å². The fraction of sp³-hybridized carbons (Fsp3) is 0.778. The number of ether oxygens (including phenoxy) is 1. The highest BCUT2D eigenvalue weighted by molar-refractivity contribution is 4.65. The third-order valence-electron chi connectivity index (χ3n) is 2.21. The lowest BCUT2D eigenvalue weighted by molar-refractivity contribution is -0.932. The number of quaternary nitrogens is 1. The average Bonchev–Trinajstić information content (AvgIpc) is 2.00. The van der Waals surface area contributed by atoms with Crippen molar-refractivity contribution in [3.05, 3.63) is 12.3 Å². The monoisotopic (exact) mass is 193 g/mol. The molecule has 0 aromatic carbocycles. The van der Waals surface area contributed by atoms with Crippen LogP contribution >= 0.6 is 0 Å². The summed E-state index contributed by atoms with van der Waals surface area (Å²) < 4.78 is 6.33. The Bertz CT molecular complexity index is 134. The molecule has 12 heavy (non-hydrogen) atoms. The lowest BCUT2D eigenvalue weighted by Gasteiger charge is -2.33. The van der Waals surface area contributed by atoms with Crippen LogP contribution in [0.4, 0.5) is 0 Å². The second-order valence-electron chi connectivity index (χ2n) is 3.30. The van der Waals surface area contributed by atoms with E-state index in [1.165, 1.54) is 0 Å². The third-order valence-corrected chi connectivity index (χ3v) is 2.21. The third kappa shape index (κ3) is 4.62. The Morgan fingerprint density at radius 3 is 2.25 bits per heavy atom. The van der Waals surface area contributed by atoms with E-state index in [2.05, 4.69) is 27.9 Å². The van der Waals surface area contributed by atoms with E-state index in [1.807, 2.05) is 13.0 Å². The minimum absolute atomic E-state index is 0. The Morgan fingerprint density at radius 2 is 1.92 bits per heavy atom. The first-order valence-corrected chi connectivity index (χ1v) is 4.14. The molecule has 0 bridgehead atoms. The molecule has 0 radical (unpaired) electrons. The molecule has 0 rings (SSSR count). The summed E-state index contributed by atoms with van der Waals surface area (Å²) in [5, 5.41) is 0. The Kier molecular flexibility index (Phi) is 7.54. The lowest BCUT2D eigenvalue weighted by atomic mass is 10.4. The van der Waals surface area contributed by atoms with E-state index in [0.29, 0.717) is 0 Å². The molecule has 0 heterocycles. The summed E-state index contributed by atoms with van der Waals surface area (Å²) in [7, 11) is 4.32. The summed E-state index contributed by atoms with van der Waals surface area (Å²) in [4.78, 5) is 0. The van der Waals surface area contributed by atoms with E-state index in [4.69, 9.17) is 4.74 Å². The number of allylic oxidation sites excluding steroid dienone is 1. The molecule has 0 fully saturated rings. The molecule has 3 heteroatoms. The standard InChI is InChI=1S/C9H20NO.ClH/c1-6-8-11-9(3)10(4,5)7-2;/h6,8-9H,7H2,1-5H3;1H/q+1;/p-1. The fourth-order valence-corrected chi connectivity index (χ4v) is 0.614. The molecule has 0 saturated heterocycles. The van der Waals surface area contributed by atoms with Crippen molar-refractivity contribution in [3.8, 4) is 0 Å². The molecule has 0 spiro atoms. The first kappa shape index (κ1) is 14.3. The maximum Gasteiger partial charge on any atom is 0.229 e. The second kappa shape index (κ2) is 6.32. The summed E-state index contributed by atoms with van der Waals surface area (Å²) in [6.45, 7) is 7.29. The molecule has 1 unspecified atom stereocenters. The summed E-state index contributed by atoms with van der Waals surface area (Å²) in [6.07, 6.45) is 3.89. The van der Waals surface area contributed by atoms with Crippen LogP contribution in [0.3, 0.4) is 0 Å².